The first-order valence-electron chi connectivity index (χ1n) is 9.60. The van der Waals surface area contributed by atoms with E-state index in [2.05, 4.69) is 42.6 Å². The zero-order valence-electron chi connectivity index (χ0n) is 16.1. The highest BCUT2D eigenvalue weighted by Gasteiger charge is 2.10. The van der Waals surface area contributed by atoms with Crippen molar-refractivity contribution in [2.45, 2.75) is 58.7 Å². The molecule has 1 aromatic carbocycles. The first-order chi connectivity index (χ1) is 12.1. The monoisotopic (exact) mass is 346 g/mol. The van der Waals surface area contributed by atoms with Crippen molar-refractivity contribution >= 4 is 11.0 Å². The van der Waals surface area contributed by atoms with Gasteiger partial charge in [-0.2, -0.15) is 0 Å². The van der Waals surface area contributed by atoms with Crippen molar-refractivity contribution in [3.63, 3.8) is 0 Å². The molecule has 25 heavy (non-hydrogen) atoms. The van der Waals surface area contributed by atoms with Gasteiger partial charge in [0, 0.05) is 19.7 Å². The van der Waals surface area contributed by atoms with Crippen LogP contribution in [0.4, 0.5) is 0 Å². The number of para-hydroxylation sites is 2. The van der Waals surface area contributed by atoms with E-state index in [9.17, 15) is 0 Å². The molecule has 1 heterocycles. The van der Waals surface area contributed by atoms with Gasteiger partial charge in [-0.1, -0.05) is 51.2 Å². The van der Waals surface area contributed by atoms with E-state index in [0.717, 1.165) is 37.2 Å². The van der Waals surface area contributed by atoms with Crippen molar-refractivity contribution in [2.24, 2.45) is 0 Å². The summed E-state index contributed by atoms with van der Waals surface area (Å²) in [5.74, 6) is 0. The maximum atomic E-state index is 8.54. The Kier molecular flexibility index (Phi) is 8.22. The predicted molar refractivity (Wildman–Crippen MR) is 104 cm³/mol. The number of aromatic nitrogens is 2. The molecule has 0 radical (unpaired) electrons. The van der Waals surface area contributed by atoms with Gasteiger partial charge < -0.3 is 14.2 Å². The van der Waals surface area contributed by atoms with Gasteiger partial charge in [0.25, 0.3) is 0 Å². The molecule has 0 spiro atoms. The van der Waals surface area contributed by atoms with Crippen molar-refractivity contribution in [1.29, 1.82) is 5.41 Å². The number of unbranched alkanes of at least 4 members (excludes halogenated alkanes) is 5. The summed E-state index contributed by atoms with van der Waals surface area (Å²) < 4.78 is 9.92. The lowest BCUT2D eigenvalue weighted by atomic mass is 10.1. The molecule has 0 saturated heterocycles. The summed E-state index contributed by atoms with van der Waals surface area (Å²) in [5, 5.41) is 8.54. The molecule has 0 fully saturated rings. The largest absolute Gasteiger partial charge is 0.361 e. The van der Waals surface area contributed by atoms with Gasteiger partial charge in [-0.05, 0) is 32.6 Å². The summed E-state index contributed by atoms with van der Waals surface area (Å²) >= 11 is 0. The molecule has 0 bridgehead atoms. The van der Waals surface area contributed by atoms with Crippen LogP contribution in [0.3, 0.4) is 0 Å². The van der Waals surface area contributed by atoms with E-state index in [0.29, 0.717) is 12.3 Å². The molecule has 140 valence electrons. The van der Waals surface area contributed by atoms with Crippen LogP contribution < -0.4 is 5.62 Å². The molecular formula is C20H34N4O. The Morgan fingerprint density at radius 2 is 1.60 bits per heavy atom. The van der Waals surface area contributed by atoms with Crippen LogP contribution in [0, 0.1) is 5.41 Å². The second kappa shape index (κ2) is 10.4. The van der Waals surface area contributed by atoms with Gasteiger partial charge in [0.1, 0.15) is 6.73 Å². The van der Waals surface area contributed by atoms with Crippen molar-refractivity contribution in [3.05, 3.63) is 29.9 Å². The fraction of sp³-hybridized carbons (Fsp3) is 0.650. The Morgan fingerprint density at radius 1 is 0.960 bits per heavy atom. The Bertz CT molecular complexity index is 687. The summed E-state index contributed by atoms with van der Waals surface area (Å²) in [6, 6.07) is 8.23. The minimum atomic E-state index is 0.462. The van der Waals surface area contributed by atoms with Gasteiger partial charge in [0.05, 0.1) is 11.0 Å². The fourth-order valence-electron chi connectivity index (χ4n) is 3.09. The highest BCUT2D eigenvalue weighted by atomic mass is 16.5. The Morgan fingerprint density at radius 3 is 2.28 bits per heavy atom. The molecule has 1 aromatic heterocycles. The molecular weight excluding hydrogens is 312 g/mol. The van der Waals surface area contributed by atoms with Crippen molar-refractivity contribution in [1.82, 2.24) is 14.0 Å². The van der Waals surface area contributed by atoms with Gasteiger partial charge in [0.15, 0.2) is 0 Å². The van der Waals surface area contributed by atoms with E-state index >= 15 is 0 Å². The van der Waals surface area contributed by atoms with E-state index in [-0.39, 0.29) is 0 Å². The number of hydrogen-bond acceptors (Lipinski definition) is 3. The van der Waals surface area contributed by atoms with Crippen LogP contribution >= 0.6 is 0 Å². The molecule has 0 aliphatic rings. The lowest BCUT2D eigenvalue weighted by Gasteiger charge is -2.10. The van der Waals surface area contributed by atoms with Crippen molar-refractivity contribution in [3.8, 4) is 0 Å². The summed E-state index contributed by atoms with van der Waals surface area (Å²) in [6.07, 6.45) is 7.61. The van der Waals surface area contributed by atoms with Gasteiger partial charge in [-0.25, -0.2) is 0 Å². The molecule has 0 unspecified atom stereocenters. The molecule has 1 N–H and O–H groups in total. The maximum Gasteiger partial charge on any atom is 0.204 e. The lowest BCUT2D eigenvalue weighted by Crippen LogP contribution is -2.29. The topological polar surface area (TPSA) is 46.2 Å². The summed E-state index contributed by atoms with van der Waals surface area (Å²) in [7, 11) is 4.12. The Hall–Kier alpha value is -1.59. The Labute approximate surface area is 151 Å². The standard InChI is InChI=1S/C20H34N4O/c1-4-5-6-7-8-11-16-25-17-24-19-13-10-9-12-18(19)23(20(24)21)15-14-22(2)3/h9-10,12-13,21H,4-8,11,14-17H2,1-3H3. The van der Waals surface area contributed by atoms with Crippen molar-refractivity contribution < 1.29 is 4.74 Å². The third-order valence-corrected chi connectivity index (χ3v) is 4.61. The van der Waals surface area contributed by atoms with Gasteiger partial charge in [-0.3, -0.25) is 9.98 Å². The van der Waals surface area contributed by atoms with Crippen LogP contribution in [0.15, 0.2) is 24.3 Å². The quantitative estimate of drug-likeness (QED) is 0.594. The number of hydrogen-bond donors (Lipinski definition) is 1. The molecule has 5 heteroatoms. The van der Waals surface area contributed by atoms with Crippen LogP contribution in [0.5, 0.6) is 0 Å². The average molecular weight is 347 g/mol. The average Bonchev–Trinajstić information content (AvgIpc) is 2.87. The third-order valence-electron chi connectivity index (χ3n) is 4.61. The van der Waals surface area contributed by atoms with Crippen LogP contribution in [-0.4, -0.2) is 41.3 Å². The van der Waals surface area contributed by atoms with Crippen LogP contribution in [0.25, 0.3) is 11.0 Å². The van der Waals surface area contributed by atoms with Crippen LogP contribution in [-0.2, 0) is 18.0 Å². The molecule has 0 aliphatic heterocycles. The first-order valence-corrected chi connectivity index (χ1v) is 9.60. The highest BCUT2D eigenvalue weighted by molar-refractivity contribution is 5.75. The Balaban J connectivity index is 1.94. The zero-order chi connectivity index (χ0) is 18.1. The summed E-state index contributed by atoms with van der Waals surface area (Å²) in [5.41, 5.74) is 2.71. The fourth-order valence-corrected chi connectivity index (χ4v) is 3.09. The predicted octanol–water partition coefficient (Wildman–Crippen LogP) is 3.82. The number of likely N-dealkylation sites (N-methyl/N-ethyl adjacent to an activating group) is 1. The highest BCUT2D eigenvalue weighted by Crippen LogP contribution is 2.13. The SMILES string of the molecule is CCCCCCCCOCn1c(=N)n(CCN(C)C)c2ccccc21. The molecule has 0 aliphatic carbocycles. The van der Waals surface area contributed by atoms with E-state index in [1.807, 2.05) is 16.7 Å². The third kappa shape index (κ3) is 5.72. The maximum absolute atomic E-state index is 8.54. The molecule has 5 nitrogen and oxygen atoms in total. The summed E-state index contributed by atoms with van der Waals surface area (Å²) in [4.78, 5) is 2.15. The number of nitrogens with zero attached hydrogens (tertiary/aromatic N) is 3. The molecule has 2 aromatic rings. The number of fused-ring (bicyclic) bond motifs is 1. The van der Waals surface area contributed by atoms with Gasteiger partial charge in [-0.15, -0.1) is 0 Å². The molecule has 0 atom stereocenters. The van der Waals surface area contributed by atoms with E-state index in [1.165, 1.54) is 32.1 Å². The lowest BCUT2D eigenvalue weighted by molar-refractivity contribution is 0.0729. The minimum Gasteiger partial charge on any atom is -0.361 e. The number of ether oxygens (including phenoxy) is 1. The molecule has 0 saturated carbocycles. The summed E-state index contributed by atoms with van der Waals surface area (Å²) in [6.45, 7) is 5.22. The number of benzene rings is 1. The molecule has 0 amide bonds. The van der Waals surface area contributed by atoms with Crippen molar-refractivity contribution in [2.75, 3.05) is 27.2 Å². The number of rotatable bonds is 12. The minimum absolute atomic E-state index is 0.462. The van der Waals surface area contributed by atoms with E-state index in [4.69, 9.17) is 10.1 Å². The van der Waals surface area contributed by atoms with Gasteiger partial charge >= 0.3 is 0 Å². The van der Waals surface area contributed by atoms with Crippen LogP contribution in [0.2, 0.25) is 0 Å². The smallest absolute Gasteiger partial charge is 0.204 e. The van der Waals surface area contributed by atoms with E-state index < -0.39 is 0 Å². The van der Waals surface area contributed by atoms with Crippen LogP contribution in [0.1, 0.15) is 45.4 Å². The van der Waals surface area contributed by atoms with Gasteiger partial charge in [0.2, 0.25) is 5.62 Å². The second-order valence-corrected chi connectivity index (χ2v) is 7.00. The first kappa shape index (κ1) is 19.7. The number of imidazole rings is 1. The zero-order valence-corrected chi connectivity index (χ0v) is 16.1. The second-order valence-electron chi connectivity index (χ2n) is 7.00. The number of nitrogens with one attached hydrogen (secondary N) is 1. The molecule has 2 rings (SSSR count). The van der Waals surface area contributed by atoms with E-state index in [1.54, 1.807) is 0 Å². The normalized spacial score (nSPS) is 11.7.